The van der Waals surface area contributed by atoms with Crippen LogP contribution in [-0.4, -0.2) is 0 Å². The molecule has 0 heterocycles. The van der Waals surface area contributed by atoms with Crippen LogP contribution in [0.3, 0.4) is 0 Å². The van der Waals surface area contributed by atoms with Gasteiger partial charge in [-0.1, -0.05) is 17.7 Å². The summed E-state index contributed by atoms with van der Waals surface area (Å²) in [6.07, 6.45) is 3.38. The summed E-state index contributed by atoms with van der Waals surface area (Å²) in [4.78, 5) is 0. The Bertz CT molecular complexity index is 292. The molecule has 1 aromatic carbocycles. The number of hydrogen-bond acceptors (Lipinski definition) is 0. The summed E-state index contributed by atoms with van der Waals surface area (Å²) in [5.74, 6) is 0.565. The second kappa shape index (κ2) is 3.06. The zero-order chi connectivity index (χ0) is 8.55. The summed E-state index contributed by atoms with van der Waals surface area (Å²) in [6, 6.07) is 4.93. The van der Waals surface area contributed by atoms with E-state index in [1.807, 2.05) is 0 Å². The molecule has 64 valence electrons. The van der Waals surface area contributed by atoms with Crippen LogP contribution in [-0.2, 0) is 6.42 Å². The van der Waals surface area contributed by atoms with Gasteiger partial charge in [0.05, 0.1) is 0 Å². The highest BCUT2D eigenvalue weighted by Gasteiger charge is 2.22. The number of halogens is 2. The molecule has 0 N–H and O–H groups in total. The molecule has 0 atom stereocenters. The van der Waals surface area contributed by atoms with Crippen molar-refractivity contribution in [2.24, 2.45) is 5.92 Å². The van der Waals surface area contributed by atoms with Crippen LogP contribution in [0.1, 0.15) is 18.4 Å². The first-order chi connectivity index (χ1) is 5.75. The maximum atomic E-state index is 13.2. The van der Waals surface area contributed by atoms with Crippen LogP contribution in [0.4, 0.5) is 4.39 Å². The molecular weight excluding hydrogens is 175 g/mol. The van der Waals surface area contributed by atoms with Gasteiger partial charge in [-0.25, -0.2) is 4.39 Å². The SMILES string of the molecule is Fc1cc(Cl)ccc1CC1CC1. The molecule has 1 fully saturated rings. The van der Waals surface area contributed by atoms with Crippen molar-refractivity contribution in [1.29, 1.82) is 0 Å². The summed E-state index contributed by atoms with van der Waals surface area (Å²) in [6.45, 7) is 0. The second-order valence-corrected chi connectivity index (χ2v) is 3.82. The van der Waals surface area contributed by atoms with Crippen LogP contribution < -0.4 is 0 Å². The van der Waals surface area contributed by atoms with Crippen LogP contribution in [0.5, 0.6) is 0 Å². The van der Waals surface area contributed by atoms with Gasteiger partial charge in [0.2, 0.25) is 0 Å². The topological polar surface area (TPSA) is 0 Å². The summed E-state index contributed by atoms with van der Waals surface area (Å²) in [5, 5.41) is 0.479. The van der Waals surface area contributed by atoms with E-state index in [1.54, 1.807) is 12.1 Å². The van der Waals surface area contributed by atoms with Crippen LogP contribution in [0, 0.1) is 11.7 Å². The van der Waals surface area contributed by atoms with Gasteiger partial charge in [-0.05, 0) is 42.9 Å². The normalized spacial score (nSPS) is 16.5. The average Bonchev–Trinajstić information content (AvgIpc) is 2.79. The van der Waals surface area contributed by atoms with E-state index in [1.165, 1.54) is 18.9 Å². The lowest BCUT2D eigenvalue weighted by molar-refractivity contribution is 0.602. The van der Waals surface area contributed by atoms with Crippen LogP contribution in [0.15, 0.2) is 18.2 Å². The monoisotopic (exact) mass is 184 g/mol. The third-order valence-electron chi connectivity index (χ3n) is 2.22. The van der Waals surface area contributed by atoms with E-state index in [0.29, 0.717) is 5.02 Å². The zero-order valence-corrected chi connectivity index (χ0v) is 7.44. The minimum Gasteiger partial charge on any atom is -0.207 e. The van der Waals surface area contributed by atoms with Gasteiger partial charge in [0.1, 0.15) is 5.82 Å². The Morgan fingerprint density at radius 3 is 2.75 bits per heavy atom. The first kappa shape index (κ1) is 8.06. The van der Waals surface area contributed by atoms with Crippen molar-refractivity contribution < 1.29 is 4.39 Å². The molecule has 2 heteroatoms. The molecule has 0 nitrogen and oxygen atoms in total. The predicted molar refractivity (Wildman–Crippen MR) is 47.8 cm³/mol. The van der Waals surface area contributed by atoms with Gasteiger partial charge >= 0.3 is 0 Å². The van der Waals surface area contributed by atoms with Crippen molar-refractivity contribution in [3.63, 3.8) is 0 Å². The van der Waals surface area contributed by atoms with Gasteiger partial charge in [-0.3, -0.25) is 0 Å². The molecule has 1 saturated carbocycles. The lowest BCUT2D eigenvalue weighted by Gasteiger charge is -2.01. The van der Waals surface area contributed by atoms with Crippen molar-refractivity contribution in [1.82, 2.24) is 0 Å². The van der Waals surface area contributed by atoms with Crippen molar-refractivity contribution in [3.8, 4) is 0 Å². The Kier molecular flexibility index (Phi) is 2.05. The largest absolute Gasteiger partial charge is 0.207 e. The molecule has 2 rings (SSSR count). The summed E-state index contributed by atoms with van der Waals surface area (Å²) >= 11 is 5.63. The van der Waals surface area contributed by atoms with E-state index >= 15 is 0 Å². The van der Waals surface area contributed by atoms with E-state index in [4.69, 9.17) is 11.6 Å². The highest BCUT2D eigenvalue weighted by Crippen LogP contribution is 2.33. The van der Waals surface area contributed by atoms with Crippen LogP contribution >= 0.6 is 11.6 Å². The van der Waals surface area contributed by atoms with Gasteiger partial charge < -0.3 is 0 Å². The quantitative estimate of drug-likeness (QED) is 0.661. The maximum Gasteiger partial charge on any atom is 0.127 e. The molecule has 0 aliphatic heterocycles. The van der Waals surface area contributed by atoms with Crippen molar-refractivity contribution in [2.45, 2.75) is 19.3 Å². The molecule has 0 saturated heterocycles. The fraction of sp³-hybridized carbons (Fsp3) is 0.400. The fourth-order valence-corrected chi connectivity index (χ4v) is 1.48. The molecule has 0 bridgehead atoms. The van der Waals surface area contributed by atoms with Crippen molar-refractivity contribution in [3.05, 3.63) is 34.6 Å². The maximum absolute atomic E-state index is 13.2. The smallest absolute Gasteiger partial charge is 0.127 e. The van der Waals surface area contributed by atoms with Gasteiger partial charge in [-0.2, -0.15) is 0 Å². The Labute approximate surface area is 76.4 Å². The van der Waals surface area contributed by atoms with Gasteiger partial charge in [0.25, 0.3) is 0 Å². The van der Waals surface area contributed by atoms with E-state index in [2.05, 4.69) is 0 Å². The van der Waals surface area contributed by atoms with Gasteiger partial charge in [-0.15, -0.1) is 0 Å². The van der Waals surface area contributed by atoms with Crippen LogP contribution in [0.2, 0.25) is 5.02 Å². The first-order valence-electron chi connectivity index (χ1n) is 4.19. The number of rotatable bonds is 2. The Morgan fingerprint density at radius 2 is 2.17 bits per heavy atom. The summed E-state index contributed by atoms with van der Waals surface area (Å²) in [7, 11) is 0. The third kappa shape index (κ3) is 1.78. The Balaban J connectivity index is 2.18. The molecule has 12 heavy (non-hydrogen) atoms. The van der Waals surface area contributed by atoms with E-state index < -0.39 is 0 Å². The van der Waals surface area contributed by atoms with E-state index in [9.17, 15) is 4.39 Å². The molecule has 1 aliphatic carbocycles. The number of hydrogen-bond donors (Lipinski definition) is 0. The minimum atomic E-state index is -0.158. The zero-order valence-electron chi connectivity index (χ0n) is 6.69. The van der Waals surface area contributed by atoms with Gasteiger partial charge in [0, 0.05) is 5.02 Å². The Hall–Kier alpha value is -0.560. The molecule has 1 aliphatic rings. The fourth-order valence-electron chi connectivity index (χ4n) is 1.32. The minimum absolute atomic E-state index is 0.158. The lowest BCUT2D eigenvalue weighted by atomic mass is 10.1. The summed E-state index contributed by atoms with van der Waals surface area (Å²) < 4.78 is 13.2. The first-order valence-corrected chi connectivity index (χ1v) is 4.57. The third-order valence-corrected chi connectivity index (χ3v) is 2.46. The molecule has 0 aromatic heterocycles. The molecule has 0 unspecified atom stereocenters. The van der Waals surface area contributed by atoms with E-state index in [0.717, 1.165) is 17.9 Å². The Morgan fingerprint density at radius 1 is 1.42 bits per heavy atom. The molecule has 0 spiro atoms. The highest BCUT2D eigenvalue weighted by molar-refractivity contribution is 6.30. The molecule has 1 aromatic rings. The standard InChI is InChI=1S/C10H10ClF/c11-9-4-3-8(10(12)6-9)5-7-1-2-7/h3-4,6-7H,1-2,5H2. The van der Waals surface area contributed by atoms with Crippen LogP contribution in [0.25, 0.3) is 0 Å². The predicted octanol–water partition coefficient (Wildman–Crippen LogP) is 3.43. The molecule has 0 radical (unpaired) electrons. The van der Waals surface area contributed by atoms with Gasteiger partial charge in [0.15, 0.2) is 0 Å². The molecular formula is C10H10ClF. The summed E-state index contributed by atoms with van der Waals surface area (Å²) in [5.41, 5.74) is 0.807. The van der Waals surface area contributed by atoms with E-state index in [-0.39, 0.29) is 5.82 Å². The van der Waals surface area contributed by atoms with Crippen molar-refractivity contribution >= 4 is 11.6 Å². The highest BCUT2D eigenvalue weighted by atomic mass is 35.5. The average molecular weight is 185 g/mol. The molecule has 0 amide bonds. The second-order valence-electron chi connectivity index (χ2n) is 3.38. The number of benzene rings is 1. The lowest BCUT2D eigenvalue weighted by Crippen LogP contribution is -1.91. The van der Waals surface area contributed by atoms with Crippen molar-refractivity contribution in [2.75, 3.05) is 0 Å².